The van der Waals surface area contributed by atoms with Crippen LogP contribution in [0.25, 0.3) is 0 Å². The Morgan fingerprint density at radius 3 is 2.60 bits per heavy atom. The Balaban J connectivity index is 1.69. The third-order valence-corrected chi connectivity index (χ3v) is 5.98. The first kappa shape index (κ1) is 23.0. The molecule has 2 aromatic rings. The van der Waals surface area contributed by atoms with Gasteiger partial charge in [0.15, 0.2) is 6.29 Å². The van der Waals surface area contributed by atoms with E-state index in [4.69, 9.17) is 43.1 Å². The predicted molar refractivity (Wildman–Crippen MR) is 118 cm³/mol. The Morgan fingerprint density at radius 2 is 1.93 bits per heavy atom. The van der Waals surface area contributed by atoms with Crippen molar-refractivity contribution in [1.82, 2.24) is 0 Å². The Morgan fingerprint density at radius 1 is 1.13 bits per heavy atom. The van der Waals surface area contributed by atoms with Gasteiger partial charge in [0, 0.05) is 13.2 Å². The van der Waals surface area contributed by atoms with E-state index in [9.17, 15) is 4.79 Å². The minimum Gasteiger partial charge on any atom is -0.462 e. The summed E-state index contributed by atoms with van der Waals surface area (Å²) >= 11 is 12.4. The molecule has 2 aromatic carbocycles. The first-order valence-corrected chi connectivity index (χ1v) is 11.0. The highest BCUT2D eigenvalue weighted by atomic mass is 35.5. The predicted octanol–water partition coefficient (Wildman–Crippen LogP) is 5.33. The van der Waals surface area contributed by atoms with Crippen LogP contribution in [0.3, 0.4) is 0 Å². The average Bonchev–Trinajstić information content (AvgIpc) is 2.79. The Bertz CT molecular complexity index is 827. The summed E-state index contributed by atoms with van der Waals surface area (Å²) in [6.07, 6.45) is 3.67. The van der Waals surface area contributed by atoms with Crippen LogP contribution in [-0.4, -0.2) is 32.0 Å². The molecular formula is C23H27Cl2NO4. The van der Waals surface area contributed by atoms with E-state index in [0.717, 1.165) is 24.8 Å². The monoisotopic (exact) mass is 451 g/mol. The quantitative estimate of drug-likeness (QED) is 0.412. The number of rotatable bonds is 9. The molecule has 5 nitrogen and oxygen atoms in total. The fourth-order valence-electron chi connectivity index (χ4n) is 3.55. The van der Waals surface area contributed by atoms with E-state index in [2.05, 4.69) is 0 Å². The molecule has 0 saturated carbocycles. The van der Waals surface area contributed by atoms with Gasteiger partial charge in [0.05, 0.1) is 22.2 Å². The van der Waals surface area contributed by atoms with E-state index < -0.39 is 5.60 Å². The van der Waals surface area contributed by atoms with Gasteiger partial charge in [-0.2, -0.15) is 0 Å². The summed E-state index contributed by atoms with van der Waals surface area (Å²) in [5, 5.41) is 0.910. The normalized spacial score (nSPS) is 18.6. The van der Waals surface area contributed by atoms with Crippen LogP contribution in [0.1, 0.15) is 48.0 Å². The highest BCUT2D eigenvalue weighted by Crippen LogP contribution is 2.36. The number of benzene rings is 2. The fraction of sp³-hybridized carbons (Fsp3) is 0.435. The lowest BCUT2D eigenvalue weighted by Crippen LogP contribution is -2.43. The van der Waals surface area contributed by atoms with Gasteiger partial charge in [0.25, 0.3) is 0 Å². The SMILES string of the molecule is NCC(CCCOC(=O)c1ccccc1)(OC1CCCCO1)c1ccc(Cl)c(Cl)c1. The number of hydrogen-bond acceptors (Lipinski definition) is 5. The van der Waals surface area contributed by atoms with Crippen molar-refractivity contribution < 1.29 is 19.0 Å². The van der Waals surface area contributed by atoms with Gasteiger partial charge in [-0.15, -0.1) is 0 Å². The molecule has 2 unspecified atom stereocenters. The van der Waals surface area contributed by atoms with Crippen LogP contribution < -0.4 is 5.73 Å². The molecule has 1 aliphatic heterocycles. The maximum atomic E-state index is 12.2. The molecular weight excluding hydrogens is 425 g/mol. The van der Waals surface area contributed by atoms with Crippen LogP contribution in [0, 0.1) is 0 Å². The molecule has 1 aliphatic rings. The van der Waals surface area contributed by atoms with E-state index in [-0.39, 0.29) is 25.4 Å². The van der Waals surface area contributed by atoms with Gasteiger partial charge in [-0.3, -0.25) is 0 Å². The van der Waals surface area contributed by atoms with Crippen molar-refractivity contribution >= 4 is 29.2 Å². The largest absolute Gasteiger partial charge is 0.462 e. The number of carbonyl (C=O) groups excluding carboxylic acids is 1. The van der Waals surface area contributed by atoms with Crippen LogP contribution in [0.15, 0.2) is 48.5 Å². The van der Waals surface area contributed by atoms with Crippen molar-refractivity contribution in [2.45, 2.75) is 44.0 Å². The van der Waals surface area contributed by atoms with Crippen LogP contribution in [0.4, 0.5) is 0 Å². The highest BCUT2D eigenvalue weighted by Gasteiger charge is 2.36. The molecule has 7 heteroatoms. The van der Waals surface area contributed by atoms with E-state index in [1.165, 1.54) is 0 Å². The summed E-state index contributed by atoms with van der Waals surface area (Å²) in [4.78, 5) is 12.2. The Labute approximate surface area is 187 Å². The second-order valence-corrected chi connectivity index (χ2v) is 8.16. The van der Waals surface area contributed by atoms with E-state index >= 15 is 0 Å². The number of halogens is 2. The standard InChI is InChI=1S/C23H27Cl2NO4/c24-19-11-10-18(15-20(19)25)23(16-26,30-21-9-4-5-13-28-21)12-6-14-29-22(27)17-7-2-1-3-8-17/h1-3,7-8,10-11,15,21H,4-6,9,12-14,16,26H2. The van der Waals surface area contributed by atoms with Crippen LogP contribution in [0.5, 0.6) is 0 Å². The van der Waals surface area contributed by atoms with E-state index in [1.807, 2.05) is 12.1 Å². The van der Waals surface area contributed by atoms with Gasteiger partial charge in [-0.05, 0) is 61.9 Å². The summed E-state index contributed by atoms with van der Waals surface area (Å²) in [5.74, 6) is -0.347. The first-order valence-electron chi connectivity index (χ1n) is 10.2. The van der Waals surface area contributed by atoms with Gasteiger partial charge in [-0.1, -0.05) is 47.5 Å². The molecule has 0 amide bonds. The van der Waals surface area contributed by atoms with Crippen LogP contribution >= 0.6 is 23.2 Å². The third kappa shape index (κ3) is 5.96. The number of esters is 1. The lowest BCUT2D eigenvalue weighted by Gasteiger charge is -2.38. The number of hydrogen-bond donors (Lipinski definition) is 1. The van der Waals surface area contributed by atoms with E-state index in [1.54, 1.807) is 36.4 Å². The average molecular weight is 452 g/mol. The highest BCUT2D eigenvalue weighted by molar-refractivity contribution is 6.42. The van der Waals surface area contributed by atoms with Gasteiger partial charge < -0.3 is 19.9 Å². The smallest absolute Gasteiger partial charge is 0.338 e. The lowest BCUT2D eigenvalue weighted by atomic mass is 9.88. The summed E-state index contributed by atoms with van der Waals surface area (Å²) < 4.78 is 17.6. The molecule has 3 rings (SSSR count). The molecule has 2 atom stereocenters. The molecule has 0 aromatic heterocycles. The lowest BCUT2D eigenvalue weighted by molar-refractivity contribution is -0.229. The fourth-order valence-corrected chi connectivity index (χ4v) is 3.85. The van der Waals surface area contributed by atoms with Crippen molar-refractivity contribution in [2.75, 3.05) is 19.8 Å². The minimum absolute atomic E-state index is 0.234. The second-order valence-electron chi connectivity index (χ2n) is 7.35. The van der Waals surface area contributed by atoms with Gasteiger partial charge in [-0.25, -0.2) is 4.79 Å². The van der Waals surface area contributed by atoms with Crippen LogP contribution in [0.2, 0.25) is 10.0 Å². The number of nitrogens with two attached hydrogens (primary N) is 1. The van der Waals surface area contributed by atoms with Crippen molar-refractivity contribution in [1.29, 1.82) is 0 Å². The van der Waals surface area contributed by atoms with Crippen molar-refractivity contribution in [2.24, 2.45) is 5.73 Å². The molecule has 0 spiro atoms. The zero-order valence-electron chi connectivity index (χ0n) is 16.8. The molecule has 1 fully saturated rings. The maximum absolute atomic E-state index is 12.2. The molecule has 2 N–H and O–H groups in total. The first-order chi connectivity index (χ1) is 14.5. The molecule has 1 heterocycles. The zero-order chi connectivity index (χ0) is 21.4. The van der Waals surface area contributed by atoms with E-state index in [0.29, 0.717) is 35.1 Å². The molecule has 1 saturated heterocycles. The zero-order valence-corrected chi connectivity index (χ0v) is 18.3. The van der Waals surface area contributed by atoms with Crippen molar-refractivity contribution in [3.05, 3.63) is 69.7 Å². The topological polar surface area (TPSA) is 70.8 Å². The number of carbonyl (C=O) groups is 1. The summed E-state index contributed by atoms with van der Waals surface area (Å²) in [7, 11) is 0. The Kier molecular flexibility index (Phi) is 8.54. The van der Waals surface area contributed by atoms with Crippen molar-refractivity contribution in [3.63, 3.8) is 0 Å². The van der Waals surface area contributed by atoms with Crippen LogP contribution in [-0.2, 0) is 19.8 Å². The summed E-state index contributed by atoms with van der Waals surface area (Å²) in [6, 6.07) is 14.3. The van der Waals surface area contributed by atoms with Gasteiger partial charge >= 0.3 is 5.97 Å². The second kappa shape index (κ2) is 11.1. The molecule has 0 radical (unpaired) electrons. The van der Waals surface area contributed by atoms with Gasteiger partial charge in [0.2, 0.25) is 0 Å². The molecule has 30 heavy (non-hydrogen) atoms. The summed E-state index contributed by atoms with van der Waals surface area (Å²) in [5.41, 5.74) is 6.77. The van der Waals surface area contributed by atoms with Crippen molar-refractivity contribution in [3.8, 4) is 0 Å². The molecule has 162 valence electrons. The molecule has 0 bridgehead atoms. The Hall–Kier alpha value is -1.63. The summed E-state index contributed by atoms with van der Waals surface area (Å²) in [6.45, 7) is 1.16. The van der Waals surface area contributed by atoms with Gasteiger partial charge in [0.1, 0.15) is 5.60 Å². The molecule has 0 aliphatic carbocycles. The third-order valence-electron chi connectivity index (χ3n) is 5.24. The minimum atomic E-state index is -0.810. The maximum Gasteiger partial charge on any atom is 0.338 e. The number of ether oxygens (including phenoxy) is 3.